The van der Waals surface area contributed by atoms with Crippen molar-refractivity contribution in [2.45, 2.75) is 13.0 Å². The van der Waals surface area contributed by atoms with Crippen molar-refractivity contribution >= 4 is 34.9 Å². The van der Waals surface area contributed by atoms with Gasteiger partial charge in [0.15, 0.2) is 0 Å². The van der Waals surface area contributed by atoms with Gasteiger partial charge in [0.1, 0.15) is 17.5 Å². The van der Waals surface area contributed by atoms with Crippen molar-refractivity contribution < 1.29 is 9.23 Å². The van der Waals surface area contributed by atoms with Gasteiger partial charge in [-0.2, -0.15) is 4.99 Å². The quantitative estimate of drug-likeness (QED) is 0.586. The molecular weight excluding hydrogens is 444 g/mol. The van der Waals surface area contributed by atoms with Crippen molar-refractivity contribution in [3.8, 4) is 0 Å². The molecule has 3 aliphatic heterocycles. The van der Waals surface area contributed by atoms with Crippen LogP contribution in [-0.2, 0) is 11.4 Å². The van der Waals surface area contributed by atoms with Crippen LogP contribution in [0.4, 0.5) is 4.39 Å². The monoisotopic (exact) mass is 467 g/mol. The Balaban J connectivity index is 1.61. The molecule has 1 atom stereocenters. The van der Waals surface area contributed by atoms with Crippen molar-refractivity contribution in [3.63, 3.8) is 0 Å². The van der Waals surface area contributed by atoms with Crippen molar-refractivity contribution in [1.29, 1.82) is 0 Å². The number of halogens is 3. The molecule has 1 fully saturated rings. The van der Waals surface area contributed by atoms with E-state index in [9.17, 15) is 4.39 Å². The zero-order valence-corrected chi connectivity index (χ0v) is 18.5. The van der Waals surface area contributed by atoms with Crippen LogP contribution >= 0.6 is 23.2 Å². The molecule has 3 heterocycles. The van der Waals surface area contributed by atoms with Gasteiger partial charge >= 0.3 is 0 Å². The van der Waals surface area contributed by atoms with Gasteiger partial charge in [0.05, 0.1) is 23.0 Å². The minimum Gasteiger partial charge on any atom is -0.394 e. The Bertz CT molecular complexity index is 1010. The van der Waals surface area contributed by atoms with Crippen LogP contribution < -0.4 is 16.9 Å². The molecule has 0 amide bonds. The number of likely N-dealkylation sites (tertiary alicyclic amines) is 1. The number of allylic oxidation sites excluding steroid dienone is 1. The highest BCUT2D eigenvalue weighted by Crippen LogP contribution is 2.30. The van der Waals surface area contributed by atoms with E-state index >= 15 is 0 Å². The summed E-state index contributed by atoms with van der Waals surface area (Å²) in [6.45, 7) is 3.20. The first kappa shape index (κ1) is 21.7. The third kappa shape index (κ3) is 4.58. The summed E-state index contributed by atoms with van der Waals surface area (Å²) in [5.74, 6) is 1.10. The number of nitrogens with zero attached hydrogens (tertiary/aromatic N) is 4. The number of hydrogen-bond acceptors (Lipinski definition) is 8. The lowest BCUT2D eigenvalue weighted by Crippen LogP contribution is -2.38. The Morgan fingerprint density at radius 1 is 1.39 bits per heavy atom. The Labute approximate surface area is 190 Å². The molecule has 1 aromatic rings. The lowest BCUT2D eigenvalue weighted by Gasteiger charge is -2.30. The molecule has 31 heavy (non-hydrogen) atoms. The standard InChI is InChI=1S/C20H24Cl2FN7O/c1-29-6-4-11(9-29)19-27-20(31-28-19)15(24)8-16-18(25)26-5-7-30(16)10-12-13(21)2-3-14(23)17(12)22/h2-3,8,11H,4-7,9-10,24H2,1H3,(H2,25,26)(H,27,28). The second-order valence-corrected chi connectivity index (χ2v) is 8.53. The summed E-state index contributed by atoms with van der Waals surface area (Å²) in [4.78, 5) is 18.5. The third-order valence-electron chi connectivity index (χ3n) is 5.53. The number of benzene rings is 1. The van der Waals surface area contributed by atoms with Crippen molar-refractivity contribution in [3.05, 3.63) is 56.9 Å². The fourth-order valence-corrected chi connectivity index (χ4v) is 4.30. The van der Waals surface area contributed by atoms with E-state index in [0.717, 1.165) is 25.3 Å². The zero-order valence-electron chi connectivity index (χ0n) is 17.0. The topological polar surface area (TPSA) is 104 Å². The Morgan fingerprint density at radius 3 is 2.94 bits per heavy atom. The summed E-state index contributed by atoms with van der Waals surface area (Å²) in [6.07, 6.45) is 2.66. The highest BCUT2D eigenvalue weighted by Gasteiger charge is 2.29. The molecule has 1 unspecified atom stereocenters. The van der Waals surface area contributed by atoms with Crippen LogP contribution in [0.3, 0.4) is 0 Å². The normalized spacial score (nSPS) is 24.7. The molecule has 0 aromatic heterocycles. The number of nitrogens with two attached hydrogens (primary N) is 2. The predicted octanol–water partition coefficient (Wildman–Crippen LogP) is 2.20. The molecule has 1 saturated heterocycles. The minimum atomic E-state index is -0.531. The van der Waals surface area contributed by atoms with Crippen molar-refractivity contribution in [2.75, 3.05) is 33.2 Å². The van der Waals surface area contributed by atoms with Gasteiger partial charge in [-0.25, -0.2) is 9.87 Å². The molecule has 5 N–H and O–H groups in total. The molecule has 11 heteroatoms. The van der Waals surface area contributed by atoms with Gasteiger partial charge in [-0.3, -0.25) is 4.99 Å². The van der Waals surface area contributed by atoms with E-state index in [4.69, 9.17) is 39.5 Å². The number of aliphatic imine (C=N–C) groups is 2. The Morgan fingerprint density at radius 2 is 2.19 bits per heavy atom. The molecule has 0 radical (unpaired) electrons. The molecule has 0 bridgehead atoms. The van der Waals surface area contributed by atoms with Gasteiger partial charge in [-0.05, 0) is 38.2 Å². The van der Waals surface area contributed by atoms with Crippen LogP contribution in [0.2, 0.25) is 10.0 Å². The molecule has 1 aromatic carbocycles. The van der Waals surface area contributed by atoms with Gasteiger partial charge in [0.25, 0.3) is 5.88 Å². The smallest absolute Gasteiger partial charge is 0.270 e. The fourth-order valence-electron chi connectivity index (χ4n) is 3.81. The number of rotatable bonds is 4. The lowest BCUT2D eigenvalue weighted by atomic mass is 10.1. The summed E-state index contributed by atoms with van der Waals surface area (Å²) >= 11 is 12.4. The second-order valence-electron chi connectivity index (χ2n) is 7.75. The molecule has 8 nitrogen and oxygen atoms in total. The van der Waals surface area contributed by atoms with Crippen LogP contribution in [0.5, 0.6) is 0 Å². The molecule has 166 valence electrons. The maximum atomic E-state index is 13.9. The molecule has 0 spiro atoms. The SMILES string of the molecule is CN1CCC(C2=NC(=C(N)C=C3C(N)=NCCN3Cc3c(Cl)ccc(F)c3Cl)ON2)C1. The number of amidine groups is 2. The number of nitrogens with one attached hydrogen (secondary N) is 1. The summed E-state index contributed by atoms with van der Waals surface area (Å²) in [5.41, 5.74) is 16.6. The summed E-state index contributed by atoms with van der Waals surface area (Å²) in [6, 6.07) is 2.72. The number of hydrogen-bond donors (Lipinski definition) is 3. The van der Waals surface area contributed by atoms with Crippen molar-refractivity contribution in [2.24, 2.45) is 27.4 Å². The predicted molar refractivity (Wildman–Crippen MR) is 120 cm³/mol. The van der Waals surface area contributed by atoms with Gasteiger partial charge in [0.2, 0.25) is 0 Å². The zero-order chi connectivity index (χ0) is 22.1. The van der Waals surface area contributed by atoms with E-state index in [1.807, 2.05) is 4.90 Å². The van der Waals surface area contributed by atoms with Crippen LogP contribution in [0.15, 0.2) is 45.5 Å². The van der Waals surface area contributed by atoms with Crippen LogP contribution in [0.1, 0.15) is 12.0 Å². The van der Waals surface area contributed by atoms with E-state index < -0.39 is 5.82 Å². The third-order valence-corrected chi connectivity index (χ3v) is 6.30. The summed E-state index contributed by atoms with van der Waals surface area (Å²) in [7, 11) is 2.07. The van der Waals surface area contributed by atoms with E-state index in [-0.39, 0.29) is 23.4 Å². The van der Waals surface area contributed by atoms with Gasteiger partial charge in [-0.1, -0.05) is 23.2 Å². The van der Waals surface area contributed by atoms with E-state index in [2.05, 4.69) is 27.4 Å². The maximum absolute atomic E-state index is 13.9. The Kier molecular flexibility index (Phi) is 6.27. The lowest BCUT2D eigenvalue weighted by molar-refractivity contribution is 0.171. The Hall–Kier alpha value is -2.49. The van der Waals surface area contributed by atoms with Gasteiger partial charge in [-0.15, -0.1) is 0 Å². The fraction of sp³-hybridized carbons (Fsp3) is 0.400. The van der Waals surface area contributed by atoms with E-state index in [1.54, 1.807) is 6.08 Å². The largest absolute Gasteiger partial charge is 0.394 e. The van der Waals surface area contributed by atoms with E-state index in [1.165, 1.54) is 12.1 Å². The summed E-state index contributed by atoms with van der Waals surface area (Å²) in [5, 5.41) is 0.357. The van der Waals surface area contributed by atoms with Crippen LogP contribution in [-0.4, -0.2) is 54.7 Å². The van der Waals surface area contributed by atoms with E-state index in [0.29, 0.717) is 40.9 Å². The maximum Gasteiger partial charge on any atom is 0.270 e. The van der Waals surface area contributed by atoms with Gasteiger partial charge in [0, 0.05) is 36.1 Å². The molecule has 3 aliphatic rings. The minimum absolute atomic E-state index is 0.0154. The molecule has 0 aliphatic carbocycles. The molecule has 4 rings (SSSR count). The highest BCUT2D eigenvalue weighted by molar-refractivity contribution is 6.36. The number of hydroxylamine groups is 1. The first-order valence-electron chi connectivity index (χ1n) is 9.92. The first-order valence-corrected chi connectivity index (χ1v) is 10.7. The van der Waals surface area contributed by atoms with Crippen LogP contribution in [0.25, 0.3) is 0 Å². The second kappa shape index (κ2) is 8.94. The average Bonchev–Trinajstić information content (AvgIpc) is 3.39. The molecular formula is C20H24Cl2FN7O. The molecule has 0 saturated carbocycles. The van der Waals surface area contributed by atoms with Crippen molar-refractivity contribution in [1.82, 2.24) is 15.3 Å². The van der Waals surface area contributed by atoms with Gasteiger partial charge < -0.3 is 26.1 Å². The average molecular weight is 468 g/mol. The van der Waals surface area contributed by atoms with Crippen LogP contribution in [0, 0.1) is 11.7 Å². The first-order chi connectivity index (χ1) is 14.8. The highest BCUT2D eigenvalue weighted by atomic mass is 35.5. The summed E-state index contributed by atoms with van der Waals surface area (Å²) < 4.78 is 13.9.